The maximum absolute atomic E-state index is 12.4. The zero-order chi connectivity index (χ0) is 15.3. The molecule has 0 saturated heterocycles. The van der Waals surface area contributed by atoms with Gasteiger partial charge >= 0.3 is 0 Å². The Morgan fingerprint density at radius 2 is 2.10 bits per heavy atom. The summed E-state index contributed by atoms with van der Waals surface area (Å²) in [5.74, 6) is 1.09. The minimum Gasteiger partial charge on any atom is -0.486 e. The predicted molar refractivity (Wildman–Crippen MR) is 86.6 cm³/mol. The first-order valence-electron chi connectivity index (χ1n) is 7.26. The molecule has 1 aromatic carbocycles. The van der Waals surface area contributed by atoms with E-state index in [-0.39, 0.29) is 11.3 Å². The highest BCUT2D eigenvalue weighted by atomic mass is 79.9. The van der Waals surface area contributed by atoms with Crippen molar-refractivity contribution in [2.24, 2.45) is 5.41 Å². The number of halogens is 1. The molecule has 0 atom stereocenters. The topological polar surface area (TPSA) is 47.6 Å². The third kappa shape index (κ3) is 4.37. The molecule has 0 aliphatic carbocycles. The van der Waals surface area contributed by atoms with E-state index in [1.54, 1.807) is 6.07 Å². The molecule has 0 radical (unpaired) electrons. The van der Waals surface area contributed by atoms with Crippen molar-refractivity contribution in [3.05, 3.63) is 23.8 Å². The van der Waals surface area contributed by atoms with E-state index < -0.39 is 0 Å². The van der Waals surface area contributed by atoms with Crippen LogP contribution in [0.2, 0.25) is 0 Å². The molecule has 0 fully saturated rings. The number of benzene rings is 1. The van der Waals surface area contributed by atoms with Gasteiger partial charge in [-0.15, -0.1) is 0 Å². The number of alkyl halides is 1. The Bertz CT molecular complexity index is 502. The number of hydrogen-bond acceptors (Lipinski definition) is 3. The molecule has 4 nitrogen and oxygen atoms in total. The number of nitrogens with one attached hydrogen (secondary N) is 1. The Morgan fingerprint density at radius 3 is 2.86 bits per heavy atom. The molecule has 5 heteroatoms. The van der Waals surface area contributed by atoms with E-state index in [4.69, 9.17) is 9.47 Å². The maximum atomic E-state index is 12.4. The van der Waals surface area contributed by atoms with Crippen LogP contribution in [0.1, 0.15) is 37.0 Å². The molecule has 0 spiro atoms. The second-order valence-electron chi connectivity index (χ2n) is 5.97. The van der Waals surface area contributed by atoms with Gasteiger partial charge in [-0.3, -0.25) is 4.79 Å². The molecular weight excluding hydrogens is 334 g/mol. The van der Waals surface area contributed by atoms with E-state index in [1.807, 2.05) is 12.1 Å². The number of rotatable bonds is 6. The fourth-order valence-electron chi connectivity index (χ4n) is 2.30. The summed E-state index contributed by atoms with van der Waals surface area (Å²) < 4.78 is 11.1. The Hall–Kier alpha value is -1.23. The molecule has 1 heterocycles. The largest absolute Gasteiger partial charge is 0.486 e. The highest BCUT2D eigenvalue weighted by molar-refractivity contribution is 9.09. The Labute approximate surface area is 134 Å². The van der Waals surface area contributed by atoms with Crippen molar-refractivity contribution in [1.82, 2.24) is 5.32 Å². The highest BCUT2D eigenvalue weighted by Gasteiger charge is 2.23. The van der Waals surface area contributed by atoms with Crippen LogP contribution in [0.25, 0.3) is 0 Å². The average Bonchev–Trinajstić information content (AvgIpc) is 2.50. The molecule has 116 valence electrons. The van der Waals surface area contributed by atoms with Crippen LogP contribution in [-0.4, -0.2) is 31.0 Å². The summed E-state index contributed by atoms with van der Waals surface area (Å²) in [6, 6.07) is 5.41. The lowest BCUT2D eigenvalue weighted by Crippen LogP contribution is -2.34. The summed E-state index contributed by atoms with van der Waals surface area (Å²) in [6.07, 6.45) is 2.16. The zero-order valence-electron chi connectivity index (χ0n) is 12.6. The predicted octanol–water partition coefficient (Wildman–Crippen LogP) is 3.39. The van der Waals surface area contributed by atoms with Crippen molar-refractivity contribution < 1.29 is 14.3 Å². The van der Waals surface area contributed by atoms with Gasteiger partial charge in [0.2, 0.25) is 0 Å². The molecule has 1 aliphatic heterocycles. The maximum Gasteiger partial charge on any atom is 0.255 e. The minimum atomic E-state index is -0.107. The quantitative estimate of drug-likeness (QED) is 0.795. The van der Waals surface area contributed by atoms with E-state index in [2.05, 4.69) is 35.1 Å². The second-order valence-corrected chi connectivity index (χ2v) is 6.76. The molecular formula is C16H22BrNO3. The van der Waals surface area contributed by atoms with Crippen molar-refractivity contribution >= 4 is 21.8 Å². The summed E-state index contributed by atoms with van der Waals surface area (Å²) >= 11 is 3.44. The molecule has 2 rings (SSSR count). The Morgan fingerprint density at radius 1 is 1.33 bits per heavy atom. The molecule has 1 N–H and O–H groups in total. The number of ether oxygens (including phenoxy) is 2. The molecule has 1 aliphatic rings. The van der Waals surface area contributed by atoms with Gasteiger partial charge in [0, 0.05) is 11.9 Å². The smallest absolute Gasteiger partial charge is 0.255 e. The molecule has 0 aromatic heterocycles. The van der Waals surface area contributed by atoms with Crippen molar-refractivity contribution in [3.63, 3.8) is 0 Å². The van der Waals surface area contributed by atoms with Crippen LogP contribution in [0.5, 0.6) is 11.5 Å². The number of carbonyl (C=O) groups is 1. The Kier molecular flexibility index (Phi) is 5.51. The lowest BCUT2D eigenvalue weighted by Gasteiger charge is -2.25. The third-order valence-electron chi connectivity index (χ3n) is 3.53. The molecule has 1 amide bonds. The van der Waals surface area contributed by atoms with Crippen LogP contribution in [0, 0.1) is 5.41 Å². The summed E-state index contributed by atoms with van der Waals surface area (Å²) in [5, 5.41) is 4.00. The van der Waals surface area contributed by atoms with Gasteiger partial charge in [-0.05, 0) is 30.4 Å². The summed E-state index contributed by atoms with van der Waals surface area (Å²) in [7, 11) is 0. The lowest BCUT2D eigenvalue weighted by molar-refractivity contribution is 0.0923. The number of para-hydroxylation sites is 1. The lowest BCUT2D eigenvalue weighted by atomic mass is 9.88. The third-order valence-corrected chi connectivity index (χ3v) is 4.09. The number of hydrogen-bond donors (Lipinski definition) is 1. The van der Waals surface area contributed by atoms with Crippen molar-refractivity contribution in [2.75, 3.05) is 25.1 Å². The zero-order valence-corrected chi connectivity index (χ0v) is 14.2. The van der Waals surface area contributed by atoms with Crippen molar-refractivity contribution in [2.45, 2.75) is 26.7 Å². The standard InChI is InChI=1S/C16H22BrNO3/c1-16(2,7-4-8-17)11-18-15(19)12-5-3-6-13-14(12)21-10-9-20-13/h3,5-6H,4,7-11H2,1-2H3,(H,18,19). The van der Waals surface area contributed by atoms with Crippen molar-refractivity contribution in [3.8, 4) is 11.5 Å². The van der Waals surface area contributed by atoms with Crippen molar-refractivity contribution in [1.29, 1.82) is 0 Å². The first-order chi connectivity index (χ1) is 10.0. The van der Waals surface area contributed by atoms with Gasteiger partial charge in [0.15, 0.2) is 11.5 Å². The van der Waals surface area contributed by atoms with E-state index >= 15 is 0 Å². The first-order valence-corrected chi connectivity index (χ1v) is 8.38. The summed E-state index contributed by atoms with van der Waals surface area (Å²) in [6.45, 7) is 5.97. The highest BCUT2D eigenvalue weighted by Crippen LogP contribution is 2.33. The van der Waals surface area contributed by atoms with Gasteiger partial charge in [-0.25, -0.2) is 0 Å². The van der Waals surface area contributed by atoms with Crippen LogP contribution in [-0.2, 0) is 0 Å². The van der Waals surface area contributed by atoms with E-state index in [0.717, 1.165) is 18.2 Å². The number of amides is 1. The van der Waals surface area contributed by atoms with Gasteiger partial charge in [0.25, 0.3) is 5.91 Å². The molecule has 0 bridgehead atoms. The fourth-order valence-corrected chi connectivity index (χ4v) is 2.58. The molecule has 21 heavy (non-hydrogen) atoms. The molecule has 1 aromatic rings. The second kappa shape index (κ2) is 7.16. The molecule has 0 saturated carbocycles. The average molecular weight is 356 g/mol. The van der Waals surface area contributed by atoms with Gasteiger partial charge < -0.3 is 14.8 Å². The summed E-state index contributed by atoms with van der Waals surface area (Å²) in [4.78, 5) is 12.4. The molecule has 0 unspecified atom stereocenters. The Balaban J connectivity index is 2.01. The van der Waals surface area contributed by atoms with Gasteiger partial charge in [0.1, 0.15) is 13.2 Å². The monoisotopic (exact) mass is 355 g/mol. The van der Waals surface area contributed by atoms with Crippen LogP contribution >= 0.6 is 15.9 Å². The van der Waals surface area contributed by atoms with E-state index in [1.165, 1.54) is 0 Å². The fraction of sp³-hybridized carbons (Fsp3) is 0.562. The van der Waals surface area contributed by atoms with Gasteiger partial charge in [-0.2, -0.15) is 0 Å². The van der Waals surface area contributed by atoms with Crippen LogP contribution < -0.4 is 14.8 Å². The van der Waals surface area contributed by atoms with E-state index in [9.17, 15) is 4.79 Å². The van der Waals surface area contributed by atoms with Crippen LogP contribution in [0.3, 0.4) is 0 Å². The van der Waals surface area contributed by atoms with Crippen LogP contribution in [0.15, 0.2) is 18.2 Å². The number of fused-ring (bicyclic) bond motifs is 1. The summed E-state index contributed by atoms with van der Waals surface area (Å²) in [5.41, 5.74) is 0.624. The SMILES string of the molecule is CC(C)(CCCBr)CNC(=O)c1cccc2c1OCCO2. The van der Waals surface area contributed by atoms with E-state index in [0.29, 0.717) is 36.8 Å². The van der Waals surface area contributed by atoms with Crippen LogP contribution in [0.4, 0.5) is 0 Å². The minimum absolute atomic E-state index is 0.0790. The number of carbonyl (C=O) groups excluding carboxylic acids is 1. The van der Waals surface area contributed by atoms with Gasteiger partial charge in [0.05, 0.1) is 5.56 Å². The first kappa shape index (κ1) is 16.1. The van der Waals surface area contributed by atoms with Gasteiger partial charge in [-0.1, -0.05) is 35.8 Å². The normalized spacial score (nSPS) is 13.9.